The quantitative estimate of drug-likeness (QED) is 0.436. The zero-order chi connectivity index (χ0) is 11.9. The Morgan fingerprint density at radius 3 is 1.85 bits per heavy atom. The number of hydrogen-bond acceptors (Lipinski definition) is 1. The molecule has 1 heterocycles. The number of benzene rings is 2. The zero-order valence-electron chi connectivity index (χ0n) is 11.7. The number of pyridine rings is 1. The number of fused-ring (bicyclic) bond motifs is 1. The van der Waals surface area contributed by atoms with Gasteiger partial charge in [0.05, 0.1) is 5.52 Å². The van der Waals surface area contributed by atoms with E-state index in [1.807, 2.05) is 60.8 Å². The average Bonchev–Trinajstić information content (AvgIpc) is 2.41. The molecule has 0 amide bonds. The van der Waals surface area contributed by atoms with Gasteiger partial charge < -0.3 is 7.43 Å². The number of nitrogens with zero attached hydrogens (tertiary/aromatic N) is 1. The van der Waals surface area contributed by atoms with Gasteiger partial charge in [-0.25, -0.2) is 0 Å². The van der Waals surface area contributed by atoms with Crippen molar-refractivity contribution < 1.29 is 0 Å². The van der Waals surface area contributed by atoms with Crippen molar-refractivity contribution in [3.8, 4) is 0 Å². The fraction of sp³-hybridized carbons (Fsp3) is 0. The molecule has 1 aromatic heterocycles. The molecule has 3 heteroatoms. The van der Waals surface area contributed by atoms with Gasteiger partial charge in [0.25, 0.3) is 0 Å². The summed E-state index contributed by atoms with van der Waals surface area (Å²) in [7, 11) is 0. The Balaban J connectivity index is 0. The van der Waals surface area contributed by atoms with Gasteiger partial charge in [0, 0.05) is 11.6 Å². The van der Waals surface area contributed by atoms with E-state index >= 15 is 0 Å². The Kier molecular flexibility index (Phi) is 12.2. The third-order valence-corrected chi connectivity index (χ3v) is 2.36. The van der Waals surface area contributed by atoms with Gasteiger partial charge >= 0.3 is 23.1 Å². The summed E-state index contributed by atoms with van der Waals surface area (Å²) in [6.07, 6.45) is 1.81. The van der Waals surface area contributed by atoms with Crippen LogP contribution in [-0.4, -0.2) is 28.0 Å². The number of hydrogen-bond donors (Lipinski definition) is 0. The summed E-state index contributed by atoms with van der Waals surface area (Å²) >= 11 is 0. The van der Waals surface area contributed by atoms with E-state index in [-0.39, 0.29) is 42.9 Å². The van der Waals surface area contributed by atoms with Crippen LogP contribution in [0, 0.1) is 14.4 Å². The van der Waals surface area contributed by atoms with E-state index in [0.29, 0.717) is 0 Å². The van der Waals surface area contributed by atoms with E-state index in [0.717, 1.165) is 11.1 Å². The molecule has 0 saturated carbocycles. The molecule has 1 nitrogen and oxygen atoms in total. The Labute approximate surface area is 144 Å². The van der Waals surface area contributed by atoms with Gasteiger partial charge in [-0.2, -0.15) is 24.6 Å². The van der Waals surface area contributed by atoms with Crippen molar-refractivity contribution >= 4 is 46.4 Å². The van der Waals surface area contributed by atoms with Crippen LogP contribution < -0.4 is 0 Å². The minimum atomic E-state index is 0. The van der Waals surface area contributed by atoms with E-state index in [9.17, 15) is 0 Å². The van der Waals surface area contributed by atoms with Crippen LogP contribution in [0.4, 0.5) is 0 Å². The molecule has 0 aliphatic rings. The molecule has 0 fully saturated rings. The molecular weight excluding hydrogens is 278 g/mol. The maximum absolute atomic E-state index is 4.18. The second-order valence-corrected chi connectivity index (χ2v) is 3.68. The van der Waals surface area contributed by atoms with Crippen LogP contribution >= 0.6 is 12.4 Å². The van der Waals surface area contributed by atoms with Crippen molar-refractivity contribution in [3.05, 3.63) is 92.8 Å². The Hall–Kier alpha value is -1.22. The predicted octanol–water partition coefficient (Wildman–Crippen LogP) is 4.59. The molecule has 0 saturated heterocycles. The number of halogens is 1. The van der Waals surface area contributed by atoms with Gasteiger partial charge in [-0.1, -0.05) is 30.3 Å². The number of aromatic nitrogens is 1. The monoisotopic (exact) mass is 295 g/mol. The fourth-order valence-electron chi connectivity index (χ4n) is 1.49. The second kappa shape index (κ2) is 11.6. The van der Waals surface area contributed by atoms with E-state index in [1.165, 1.54) is 5.39 Å². The van der Waals surface area contributed by atoms with E-state index in [2.05, 4.69) is 24.0 Å². The SMILES string of the molecule is Cl.[CH2-]c1ccccc1.[CH3-].[Mg+2].c1ccc2ncccc2c1. The molecule has 0 atom stereocenters. The Bertz CT molecular complexity index is 519. The molecule has 100 valence electrons. The molecule has 0 radical (unpaired) electrons. The first kappa shape index (κ1) is 21.1. The first-order chi connectivity index (χ1) is 8.36. The summed E-state index contributed by atoms with van der Waals surface area (Å²) < 4.78 is 0. The molecule has 0 aliphatic carbocycles. The summed E-state index contributed by atoms with van der Waals surface area (Å²) in [5, 5.41) is 1.20. The minimum Gasteiger partial charge on any atom is -0.358 e. The summed E-state index contributed by atoms with van der Waals surface area (Å²) in [6.45, 7) is 3.72. The summed E-state index contributed by atoms with van der Waals surface area (Å²) in [5.74, 6) is 0. The Morgan fingerprint density at radius 2 is 1.30 bits per heavy atom. The minimum absolute atomic E-state index is 0. The molecule has 0 aliphatic heterocycles. The topological polar surface area (TPSA) is 12.9 Å². The number of para-hydroxylation sites is 1. The van der Waals surface area contributed by atoms with Gasteiger partial charge in [-0.3, -0.25) is 4.98 Å². The third kappa shape index (κ3) is 6.80. The van der Waals surface area contributed by atoms with Crippen molar-refractivity contribution in [1.82, 2.24) is 4.98 Å². The van der Waals surface area contributed by atoms with Crippen LogP contribution in [0.15, 0.2) is 72.9 Å². The molecule has 0 bridgehead atoms. The van der Waals surface area contributed by atoms with Crippen molar-refractivity contribution in [2.75, 3.05) is 0 Å². The standard InChI is InChI=1S/C9H7N.C7H7.CH3.ClH.Mg/c1-2-6-9-8(4-1)5-3-7-10-9;1-7-5-3-2-4-6-7;;;/h1-7H;2-6H,1H2;1H3;1H;/q;2*-1;;+2. The van der Waals surface area contributed by atoms with Crippen molar-refractivity contribution in [3.63, 3.8) is 0 Å². The molecule has 3 aromatic rings. The first-order valence-corrected chi connectivity index (χ1v) is 5.53. The molecule has 3 rings (SSSR count). The zero-order valence-corrected chi connectivity index (χ0v) is 13.9. The third-order valence-electron chi connectivity index (χ3n) is 2.36. The predicted molar refractivity (Wildman–Crippen MR) is 92.1 cm³/mol. The summed E-state index contributed by atoms with van der Waals surface area (Å²) in [4.78, 5) is 4.18. The maximum atomic E-state index is 4.18. The Morgan fingerprint density at radius 1 is 0.750 bits per heavy atom. The normalized spacial score (nSPS) is 8.00. The van der Waals surface area contributed by atoms with Gasteiger partial charge in [-0.15, -0.1) is 24.5 Å². The van der Waals surface area contributed by atoms with Crippen LogP contribution in [0.2, 0.25) is 0 Å². The van der Waals surface area contributed by atoms with Crippen molar-refractivity contribution in [2.24, 2.45) is 0 Å². The maximum Gasteiger partial charge on any atom is 2.00 e. The van der Waals surface area contributed by atoms with Crippen LogP contribution in [0.3, 0.4) is 0 Å². The molecule has 0 unspecified atom stereocenters. The van der Waals surface area contributed by atoms with Crippen molar-refractivity contribution in [1.29, 1.82) is 0 Å². The first-order valence-electron chi connectivity index (χ1n) is 5.53. The van der Waals surface area contributed by atoms with E-state index < -0.39 is 0 Å². The molecule has 20 heavy (non-hydrogen) atoms. The fourth-order valence-corrected chi connectivity index (χ4v) is 1.49. The number of rotatable bonds is 0. The van der Waals surface area contributed by atoms with Crippen LogP contribution in [0.25, 0.3) is 10.9 Å². The van der Waals surface area contributed by atoms with Gasteiger partial charge in [0.2, 0.25) is 0 Å². The van der Waals surface area contributed by atoms with E-state index in [1.54, 1.807) is 0 Å². The van der Waals surface area contributed by atoms with Gasteiger partial charge in [-0.05, 0) is 12.1 Å². The largest absolute Gasteiger partial charge is 2.00 e. The smallest absolute Gasteiger partial charge is 0.358 e. The van der Waals surface area contributed by atoms with E-state index in [4.69, 9.17) is 0 Å². The summed E-state index contributed by atoms with van der Waals surface area (Å²) in [5.41, 5.74) is 2.13. The summed E-state index contributed by atoms with van der Waals surface area (Å²) in [6, 6.07) is 22.0. The molecule has 0 N–H and O–H groups in total. The average molecular weight is 296 g/mol. The van der Waals surface area contributed by atoms with Gasteiger partial charge in [0.1, 0.15) is 0 Å². The molecular formula is C17H18ClMgN. The van der Waals surface area contributed by atoms with Gasteiger partial charge in [0.15, 0.2) is 0 Å². The van der Waals surface area contributed by atoms with Crippen LogP contribution in [-0.2, 0) is 0 Å². The van der Waals surface area contributed by atoms with Crippen LogP contribution in [0.1, 0.15) is 5.56 Å². The van der Waals surface area contributed by atoms with Crippen molar-refractivity contribution in [2.45, 2.75) is 0 Å². The molecule has 2 aromatic carbocycles. The molecule has 0 spiro atoms. The van der Waals surface area contributed by atoms with Crippen LogP contribution in [0.5, 0.6) is 0 Å². The second-order valence-electron chi connectivity index (χ2n) is 3.68.